The Balaban J connectivity index is 2.20. The number of nitrogens with one attached hydrogen (secondary N) is 1. The Kier molecular flexibility index (Phi) is 6.41. The molecule has 18 heavy (non-hydrogen) atoms. The topological polar surface area (TPSA) is 49.3 Å². The van der Waals surface area contributed by atoms with Crippen molar-refractivity contribution >= 4 is 5.97 Å². The van der Waals surface area contributed by atoms with Gasteiger partial charge in [0.25, 0.3) is 0 Å². The van der Waals surface area contributed by atoms with Crippen molar-refractivity contribution in [2.45, 2.75) is 71.4 Å². The van der Waals surface area contributed by atoms with Gasteiger partial charge in [-0.15, -0.1) is 0 Å². The molecule has 0 radical (unpaired) electrons. The standard InChI is InChI=1S/C15H27NO2/c1-11(2)5-4-6-12(3)16-14-9-7-13(8-10-14)15(17)18/h5,12-14,16H,4,6-10H2,1-3H3,(H,17,18). The van der Waals surface area contributed by atoms with Gasteiger partial charge in [0.05, 0.1) is 5.92 Å². The minimum Gasteiger partial charge on any atom is -0.481 e. The highest BCUT2D eigenvalue weighted by atomic mass is 16.4. The van der Waals surface area contributed by atoms with Crippen molar-refractivity contribution in [1.82, 2.24) is 5.32 Å². The highest BCUT2D eigenvalue weighted by molar-refractivity contribution is 5.70. The minimum atomic E-state index is -0.620. The zero-order valence-electron chi connectivity index (χ0n) is 11.9. The Hall–Kier alpha value is -0.830. The van der Waals surface area contributed by atoms with Crippen molar-refractivity contribution in [3.8, 4) is 0 Å². The van der Waals surface area contributed by atoms with Crippen LogP contribution in [0, 0.1) is 5.92 Å². The zero-order valence-corrected chi connectivity index (χ0v) is 11.9. The molecule has 1 rings (SSSR count). The third-order valence-electron chi connectivity index (χ3n) is 3.75. The van der Waals surface area contributed by atoms with E-state index in [1.165, 1.54) is 5.57 Å². The van der Waals surface area contributed by atoms with E-state index in [1.54, 1.807) is 0 Å². The number of hydrogen-bond donors (Lipinski definition) is 2. The quantitative estimate of drug-likeness (QED) is 0.714. The van der Waals surface area contributed by atoms with E-state index >= 15 is 0 Å². The van der Waals surface area contributed by atoms with Gasteiger partial charge in [-0.05, 0) is 59.3 Å². The van der Waals surface area contributed by atoms with Crippen LogP contribution in [0.15, 0.2) is 11.6 Å². The Bertz CT molecular complexity index is 287. The molecule has 0 amide bonds. The summed E-state index contributed by atoms with van der Waals surface area (Å²) in [5.41, 5.74) is 1.38. The van der Waals surface area contributed by atoms with Gasteiger partial charge in [-0.3, -0.25) is 4.79 Å². The molecule has 0 aliphatic heterocycles. The number of carboxylic acid groups (broad SMARTS) is 1. The van der Waals surface area contributed by atoms with Gasteiger partial charge >= 0.3 is 5.97 Å². The fraction of sp³-hybridized carbons (Fsp3) is 0.800. The first-order chi connectivity index (χ1) is 8.49. The van der Waals surface area contributed by atoms with Crippen molar-refractivity contribution in [2.75, 3.05) is 0 Å². The predicted octanol–water partition coefficient (Wildman–Crippen LogP) is 3.35. The summed E-state index contributed by atoms with van der Waals surface area (Å²) in [7, 11) is 0. The van der Waals surface area contributed by atoms with Crippen LogP contribution in [-0.4, -0.2) is 23.2 Å². The van der Waals surface area contributed by atoms with Gasteiger partial charge in [-0.25, -0.2) is 0 Å². The summed E-state index contributed by atoms with van der Waals surface area (Å²) < 4.78 is 0. The Morgan fingerprint density at radius 1 is 1.33 bits per heavy atom. The van der Waals surface area contributed by atoms with E-state index in [4.69, 9.17) is 5.11 Å². The molecular weight excluding hydrogens is 226 g/mol. The molecule has 1 aliphatic rings. The summed E-state index contributed by atoms with van der Waals surface area (Å²) in [6, 6.07) is 1.04. The van der Waals surface area contributed by atoms with E-state index in [1.807, 2.05) is 0 Å². The zero-order chi connectivity index (χ0) is 13.5. The highest BCUT2D eigenvalue weighted by Crippen LogP contribution is 2.24. The number of carboxylic acids is 1. The van der Waals surface area contributed by atoms with Crippen molar-refractivity contribution in [2.24, 2.45) is 5.92 Å². The third-order valence-corrected chi connectivity index (χ3v) is 3.75. The molecule has 0 heterocycles. The molecule has 1 aliphatic carbocycles. The monoisotopic (exact) mass is 253 g/mol. The maximum absolute atomic E-state index is 10.9. The maximum atomic E-state index is 10.9. The van der Waals surface area contributed by atoms with Gasteiger partial charge in [0.2, 0.25) is 0 Å². The van der Waals surface area contributed by atoms with E-state index in [9.17, 15) is 4.79 Å². The summed E-state index contributed by atoms with van der Waals surface area (Å²) in [6.45, 7) is 6.48. The number of carbonyl (C=O) groups is 1. The van der Waals surface area contributed by atoms with Gasteiger partial charge in [-0.2, -0.15) is 0 Å². The lowest BCUT2D eigenvalue weighted by atomic mass is 9.86. The first-order valence-corrected chi connectivity index (χ1v) is 7.11. The molecule has 1 fully saturated rings. The van der Waals surface area contributed by atoms with Crippen LogP contribution in [0.25, 0.3) is 0 Å². The smallest absolute Gasteiger partial charge is 0.306 e. The van der Waals surface area contributed by atoms with E-state index in [0.717, 1.165) is 38.5 Å². The van der Waals surface area contributed by atoms with E-state index < -0.39 is 5.97 Å². The third kappa shape index (κ3) is 5.67. The van der Waals surface area contributed by atoms with Crippen LogP contribution in [0.4, 0.5) is 0 Å². The molecule has 1 unspecified atom stereocenters. The Morgan fingerprint density at radius 3 is 2.44 bits per heavy atom. The van der Waals surface area contributed by atoms with Gasteiger partial charge in [0.1, 0.15) is 0 Å². The summed E-state index contributed by atoms with van der Waals surface area (Å²) in [5, 5.41) is 12.6. The molecule has 1 atom stereocenters. The van der Waals surface area contributed by atoms with Crippen molar-refractivity contribution in [3.63, 3.8) is 0 Å². The van der Waals surface area contributed by atoms with E-state index in [0.29, 0.717) is 12.1 Å². The average Bonchev–Trinajstić information content (AvgIpc) is 2.29. The molecule has 0 aromatic heterocycles. The summed E-state index contributed by atoms with van der Waals surface area (Å²) in [5.74, 6) is -0.728. The molecule has 3 nitrogen and oxygen atoms in total. The number of aliphatic carboxylic acids is 1. The molecule has 0 aromatic rings. The molecule has 3 heteroatoms. The molecule has 0 saturated heterocycles. The fourth-order valence-electron chi connectivity index (χ4n) is 2.61. The van der Waals surface area contributed by atoms with Crippen LogP contribution in [0.2, 0.25) is 0 Å². The Labute approximate surface area is 111 Å². The lowest BCUT2D eigenvalue weighted by Crippen LogP contribution is -2.39. The largest absolute Gasteiger partial charge is 0.481 e. The molecule has 104 valence electrons. The number of allylic oxidation sites excluding steroid dienone is 2. The lowest BCUT2D eigenvalue weighted by Gasteiger charge is -2.29. The van der Waals surface area contributed by atoms with Crippen LogP contribution < -0.4 is 5.32 Å². The van der Waals surface area contributed by atoms with Crippen LogP contribution in [0.3, 0.4) is 0 Å². The SMILES string of the molecule is CC(C)=CCCC(C)NC1CCC(C(=O)O)CC1. The van der Waals surface area contributed by atoms with Gasteiger partial charge in [-0.1, -0.05) is 11.6 Å². The molecule has 0 aromatic carbocycles. The maximum Gasteiger partial charge on any atom is 0.306 e. The second-order valence-corrected chi connectivity index (χ2v) is 5.81. The second-order valence-electron chi connectivity index (χ2n) is 5.81. The first-order valence-electron chi connectivity index (χ1n) is 7.11. The molecule has 2 N–H and O–H groups in total. The summed E-state index contributed by atoms with van der Waals surface area (Å²) in [4.78, 5) is 10.9. The Morgan fingerprint density at radius 2 is 1.94 bits per heavy atom. The molecular formula is C15H27NO2. The van der Waals surface area contributed by atoms with E-state index in [2.05, 4.69) is 32.2 Å². The fourth-order valence-corrected chi connectivity index (χ4v) is 2.61. The van der Waals surface area contributed by atoms with Gasteiger partial charge in [0, 0.05) is 12.1 Å². The summed E-state index contributed by atoms with van der Waals surface area (Å²) >= 11 is 0. The second kappa shape index (κ2) is 7.57. The van der Waals surface area contributed by atoms with Crippen molar-refractivity contribution in [1.29, 1.82) is 0 Å². The predicted molar refractivity (Wildman–Crippen MR) is 74.6 cm³/mol. The minimum absolute atomic E-state index is 0.107. The number of rotatable bonds is 6. The van der Waals surface area contributed by atoms with Crippen LogP contribution >= 0.6 is 0 Å². The van der Waals surface area contributed by atoms with Gasteiger partial charge < -0.3 is 10.4 Å². The van der Waals surface area contributed by atoms with Gasteiger partial charge in [0.15, 0.2) is 0 Å². The molecule has 0 spiro atoms. The number of hydrogen-bond acceptors (Lipinski definition) is 2. The van der Waals surface area contributed by atoms with Crippen LogP contribution in [-0.2, 0) is 4.79 Å². The van der Waals surface area contributed by atoms with Crippen molar-refractivity contribution in [3.05, 3.63) is 11.6 Å². The normalized spacial score (nSPS) is 25.5. The van der Waals surface area contributed by atoms with E-state index in [-0.39, 0.29) is 5.92 Å². The lowest BCUT2D eigenvalue weighted by molar-refractivity contribution is -0.142. The first kappa shape index (κ1) is 15.2. The van der Waals surface area contributed by atoms with Crippen LogP contribution in [0.1, 0.15) is 59.3 Å². The molecule has 0 bridgehead atoms. The average molecular weight is 253 g/mol. The summed E-state index contributed by atoms with van der Waals surface area (Å²) in [6.07, 6.45) is 8.22. The van der Waals surface area contributed by atoms with Crippen molar-refractivity contribution < 1.29 is 9.90 Å². The molecule has 1 saturated carbocycles. The van der Waals surface area contributed by atoms with Crippen LogP contribution in [0.5, 0.6) is 0 Å². The highest BCUT2D eigenvalue weighted by Gasteiger charge is 2.26.